The molecule has 1 N–H and O–H groups in total. The lowest BCUT2D eigenvalue weighted by Crippen LogP contribution is -2.49. The maximum absolute atomic E-state index is 10.9. The zero-order valence-electron chi connectivity index (χ0n) is 6.02. The van der Waals surface area contributed by atoms with E-state index >= 15 is 0 Å². The van der Waals surface area contributed by atoms with E-state index in [0.717, 1.165) is 13.2 Å². The molecule has 10 heavy (non-hydrogen) atoms. The van der Waals surface area contributed by atoms with Gasteiger partial charge in [0.05, 0.1) is 13.2 Å². The second kappa shape index (κ2) is 1.72. The Morgan fingerprint density at radius 1 is 1.70 bits per heavy atom. The lowest BCUT2D eigenvalue weighted by atomic mass is 9.79. The van der Waals surface area contributed by atoms with Gasteiger partial charge in [0.1, 0.15) is 0 Å². The molecule has 2 saturated heterocycles. The maximum atomic E-state index is 10.9. The second-order valence-electron chi connectivity index (χ2n) is 3.32. The molecule has 0 saturated carbocycles. The van der Waals surface area contributed by atoms with E-state index in [2.05, 4.69) is 5.32 Å². The van der Waals surface area contributed by atoms with Gasteiger partial charge in [-0.3, -0.25) is 4.79 Å². The van der Waals surface area contributed by atoms with E-state index in [1.807, 2.05) is 6.92 Å². The van der Waals surface area contributed by atoms with Gasteiger partial charge >= 0.3 is 0 Å². The SMILES string of the molecule is CC1NC(=O)CC12COC2. The molecular formula is C7H11NO2. The van der Waals surface area contributed by atoms with Crippen LogP contribution in [0.5, 0.6) is 0 Å². The third-order valence-electron chi connectivity index (χ3n) is 2.59. The third kappa shape index (κ3) is 0.611. The maximum Gasteiger partial charge on any atom is 0.221 e. The van der Waals surface area contributed by atoms with Crippen LogP contribution in [0.2, 0.25) is 0 Å². The number of hydrogen-bond acceptors (Lipinski definition) is 2. The van der Waals surface area contributed by atoms with Crippen LogP contribution >= 0.6 is 0 Å². The number of amides is 1. The number of carbonyl (C=O) groups excluding carboxylic acids is 1. The quantitative estimate of drug-likeness (QED) is 0.512. The summed E-state index contributed by atoms with van der Waals surface area (Å²) in [6, 6.07) is 0.314. The standard InChI is InChI=1S/C7H11NO2/c1-5-7(3-10-4-7)2-6(9)8-5/h5H,2-4H2,1H3,(H,8,9). The average Bonchev–Trinajstić information content (AvgIpc) is 2.04. The monoisotopic (exact) mass is 141 g/mol. The summed E-state index contributed by atoms with van der Waals surface area (Å²) in [6.07, 6.45) is 0.661. The Balaban J connectivity index is 2.15. The van der Waals surface area contributed by atoms with Crippen molar-refractivity contribution in [1.82, 2.24) is 5.32 Å². The van der Waals surface area contributed by atoms with Crippen LogP contribution < -0.4 is 5.32 Å². The van der Waals surface area contributed by atoms with Gasteiger partial charge in [0.15, 0.2) is 0 Å². The minimum atomic E-state index is 0.164. The van der Waals surface area contributed by atoms with E-state index in [9.17, 15) is 4.79 Å². The Bertz CT molecular complexity index is 174. The smallest absolute Gasteiger partial charge is 0.221 e. The molecule has 2 aliphatic rings. The number of carbonyl (C=O) groups is 1. The summed E-state index contributed by atoms with van der Waals surface area (Å²) in [5.74, 6) is 0.177. The molecule has 0 aromatic rings. The van der Waals surface area contributed by atoms with Crippen molar-refractivity contribution in [3.8, 4) is 0 Å². The molecule has 56 valence electrons. The molecule has 1 unspecified atom stereocenters. The minimum Gasteiger partial charge on any atom is -0.380 e. The first-order valence-corrected chi connectivity index (χ1v) is 3.60. The fraction of sp³-hybridized carbons (Fsp3) is 0.857. The van der Waals surface area contributed by atoms with Gasteiger partial charge < -0.3 is 10.1 Å². The molecule has 0 radical (unpaired) electrons. The molecule has 2 rings (SSSR count). The molecule has 0 aliphatic carbocycles. The first kappa shape index (κ1) is 6.16. The Kier molecular flexibility index (Phi) is 1.06. The number of ether oxygens (including phenoxy) is 1. The molecule has 2 heterocycles. The molecule has 1 amide bonds. The Hall–Kier alpha value is -0.570. The van der Waals surface area contributed by atoms with E-state index in [-0.39, 0.29) is 11.3 Å². The van der Waals surface area contributed by atoms with Crippen molar-refractivity contribution >= 4 is 5.91 Å². The first-order valence-electron chi connectivity index (χ1n) is 3.60. The summed E-state index contributed by atoms with van der Waals surface area (Å²) in [5, 5.41) is 2.89. The van der Waals surface area contributed by atoms with Crippen molar-refractivity contribution < 1.29 is 9.53 Å². The second-order valence-corrected chi connectivity index (χ2v) is 3.32. The number of hydrogen-bond donors (Lipinski definition) is 1. The van der Waals surface area contributed by atoms with Crippen LogP contribution in [0.3, 0.4) is 0 Å². The highest BCUT2D eigenvalue weighted by Gasteiger charge is 2.50. The van der Waals surface area contributed by atoms with Crippen molar-refractivity contribution in [3.05, 3.63) is 0 Å². The van der Waals surface area contributed by atoms with Crippen molar-refractivity contribution in [2.75, 3.05) is 13.2 Å². The van der Waals surface area contributed by atoms with E-state index in [4.69, 9.17) is 4.74 Å². The zero-order valence-corrected chi connectivity index (χ0v) is 6.02. The summed E-state index contributed by atoms with van der Waals surface area (Å²) >= 11 is 0. The first-order chi connectivity index (χ1) is 4.73. The van der Waals surface area contributed by atoms with Gasteiger partial charge in [0.25, 0.3) is 0 Å². The van der Waals surface area contributed by atoms with Gasteiger partial charge in [0, 0.05) is 17.9 Å². The van der Waals surface area contributed by atoms with Crippen molar-refractivity contribution in [2.45, 2.75) is 19.4 Å². The van der Waals surface area contributed by atoms with Gasteiger partial charge in [0.2, 0.25) is 5.91 Å². The van der Waals surface area contributed by atoms with Crippen LogP contribution in [0.15, 0.2) is 0 Å². The molecule has 0 aromatic heterocycles. The van der Waals surface area contributed by atoms with Crippen LogP contribution in [0.25, 0.3) is 0 Å². The highest BCUT2D eigenvalue weighted by molar-refractivity contribution is 5.80. The molecular weight excluding hydrogens is 130 g/mol. The molecule has 0 bridgehead atoms. The molecule has 0 aromatic carbocycles. The topological polar surface area (TPSA) is 38.3 Å². The fourth-order valence-electron chi connectivity index (χ4n) is 1.63. The van der Waals surface area contributed by atoms with Crippen molar-refractivity contribution in [2.24, 2.45) is 5.41 Å². The van der Waals surface area contributed by atoms with Crippen LogP contribution in [-0.2, 0) is 9.53 Å². The van der Waals surface area contributed by atoms with Crippen molar-refractivity contribution in [1.29, 1.82) is 0 Å². The average molecular weight is 141 g/mol. The van der Waals surface area contributed by atoms with E-state index in [1.54, 1.807) is 0 Å². The van der Waals surface area contributed by atoms with E-state index in [1.165, 1.54) is 0 Å². The number of rotatable bonds is 0. The van der Waals surface area contributed by atoms with Gasteiger partial charge in [-0.25, -0.2) is 0 Å². The Labute approximate surface area is 59.7 Å². The molecule has 1 atom stereocenters. The van der Waals surface area contributed by atoms with Gasteiger partial charge in [-0.05, 0) is 6.92 Å². The summed E-state index contributed by atoms with van der Waals surface area (Å²) < 4.78 is 5.09. The largest absolute Gasteiger partial charge is 0.380 e. The third-order valence-corrected chi connectivity index (χ3v) is 2.59. The highest BCUT2D eigenvalue weighted by Crippen LogP contribution is 2.38. The van der Waals surface area contributed by atoms with Crippen LogP contribution in [0, 0.1) is 5.41 Å². The molecule has 1 spiro atoms. The van der Waals surface area contributed by atoms with Crippen LogP contribution in [-0.4, -0.2) is 25.2 Å². The summed E-state index contributed by atoms with van der Waals surface area (Å²) in [7, 11) is 0. The number of nitrogens with one attached hydrogen (secondary N) is 1. The zero-order chi connectivity index (χ0) is 7.19. The lowest BCUT2D eigenvalue weighted by Gasteiger charge is -2.40. The molecule has 2 aliphatic heterocycles. The Morgan fingerprint density at radius 3 is 2.60 bits per heavy atom. The molecule has 3 heteroatoms. The summed E-state index contributed by atoms with van der Waals surface area (Å²) in [4.78, 5) is 10.9. The lowest BCUT2D eigenvalue weighted by molar-refractivity contribution is -0.129. The predicted octanol–water partition coefficient (Wildman–Crippen LogP) is -0.0886. The van der Waals surface area contributed by atoms with Crippen LogP contribution in [0.1, 0.15) is 13.3 Å². The Morgan fingerprint density at radius 2 is 2.40 bits per heavy atom. The summed E-state index contributed by atoms with van der Waals surface area (Å²) in [6.45, 7) is 3.56. The van der Waals surface area contributed by atoms with Crippen LogP contribution in [0.4, 0.5) is 0 Å². The summed E-state index contributed by atoms with van der Waals surface area (Å²) in [5.41, 5.74) is 0.164. The minimum absolute atomic E-state index is 0.164. The molecule has 3 nitrogen and oxygen atoms in total. The fourth-order valence-corrected chi connectivity index (χ4v) is 1.63. The van der Waals surface area contributed by atoms with Crippen molar-refractivity contribution in [3.63, 3.8) is 0 Å². The van der Waals surface area contributed by atoms with Gasteiger partial charge in [-0.15, -0.1) is 0 Å². The van der Waals surface area contributed by atoms with Gasteiger partial charge in [-0.2, -0.15) is 0 Å². The van der Waals surface area contributed by atoms with E-state index in [0.29, 0.717) is 12.5 Å². The van der Waals surface area contributed by atoms with Gasteiger partial charge in [-0.1, -0.05) is 0 Å². The normalized spacial score (nSPS) is 35.7. The predicted molar refractivity (Wildman–Crippen MR) is 35.5 cm³/mol. The highest BCUT2D eigenvalue weighted by atomic mass is 16.5. The molecule has 2 fully saturated rings. The van der Waals surface area contributed by atoms with E-state index < -0.39 is 0 Å².